The van der Waals surface area contributed by atoms with Gasteiger partial charge in [-0.25, -0.2) is 0 Å². The van der Waals surface area contributed by atoms with E-state index in [0.29, 0.717) is 5.95 Å². The number of hydrogen-bond acceptors (Lipinski definition) is 6. The van der Waals surface area contributed by atoms with Crippen LogP contribution < -0.4 is 5.32 Å². The predicted molar refractivity (Wildman–Crippen MR) is 88.1 cm³/mol. The number of hydrogen-bond donors (Lipinski definition) is 1. The lowest BCUT2D eigenvalue weighted by Crippen LogP contribution is -2.10. The fourth-order valence-electron chi connectivity index (χ4n) is 1.84. The fourth-order valence-corrected chi connectivity index (χ4v) is 3.42. The maximum Gasteiger partial charge on any atom is 0.247 e. The van der Waals surface area contributed by atoms with Gasteiger partial charge in [0.1, 0.15) is 0 Å². The first-order valence-electron chi connectivity index (χ1n) is 6.60. The number of anilines is 1. The van der Waals surface area contributed by atoms with Crippen molar-refractivity contribution < 1.29 is 0 Å². The van der Waals surface area contributed by atoms with E-state index in [0.717, 1.165) is 23.7 Å². The van der Waals surface area contributed by atoms with Gasteiger partial charge >= 0.3 is 0 Å². The van der Waals surface area contributed by atoms with Gasteiger partial charge in [0.05, 0.1) is 5.69 Å². The SMILES string of the molecule is c1ccc(-n2nnnc2NCCSCc2ccsc2)cc1. The Hall–Kier alpha value is -1.86. The van der Waals surface area contributed by atoms with E-state index in [4.69, 9.17) is 0 Å². The maximum atomic E-state index is 4.02. The molecule has 1 aromatic carbocycles. The summed E-state index contributed by atoms with van der Waals surface area (Å²) in [7, 11) is 0. The first-order chi connectivity index (χ1) is 10.4. The third kappa shape index (κ3) is 3.83. The van der Waals surface area contributed by atoms with Crippen LogP contribution in [0.5, 0.6) is 0 Å². The van der Waals surface area contributed by atoms with Crippen molar-refractivity contribution >= 4 is 29.0 Å². The highest BCUT2D eigenvalue weighted by molar-refractivity contribution is 7.98. The van der Waals surface area contributed by atoms with Gasteiger partial charge in [0.15, 0.2) is 0 Å². The topological polar surface area (TPSA) is 55.6 Å². The van der Waals surface area contributed by atoms with Gasteiger partial charge < -0.3 is 5.32 Å². The molecule has 0 atom stereocenters. The summed E-state index contributed by atoms with van der Waals surface area (Å²) in [5.41, 5.74) is 2.34. The molecular formula is C14H15N5S2. The molecule has 0 spiro atoms. The van der Waals surface area contributed by atoms with Crippen LogP contribution in [0, 0.1) is 0 Å². The van der Waals surface area contributed by atoms with Crippen LogP contribution in [-0.4, -0.2) is 32.5 Å². The van der Waals surface area contributed by atoms with Gasteiger partial charge in [0, 0.05) is 18.1 Å². The molecule has 0 aliphatic heterocycles. The van der Waals surface area contributed by atoms with Crippen molar-refractivity contribution in [2.24, 2.45) is 0 Å². The molecule has 108 valence electrons. The zero-order valence-corrected chi connectivity index (χ0v) is 13.0. The van der Waals surface area contributed by atoms with Crippen molar-refractivity contribution in [3.8, 4) is 5.69 Å². The molecule has 0 radical (unpaired) electrons. The molecule has 2 heterocycles. The molecule has 5 nitrogen and oxygen atoms in total. The van der Waals surface area contributed by atoms with Crippen molar-refractivity contribution in [2.45, 2.75) is 5.75 Å². The van der Waals surface area contributed by atoms with Gasteiger partial charge in [-0.2, -0.15) is 27.8 Å². The zero-order valence-electron chi connectivity index (χ0n) is 11.3. The van der Waals surface area contributed by atoms with E-state index < -0.39 is 0 Å². The minimum absolute atomic E-state index is 0.678. The molecule has 0 bridgehead atoms. The second-order valence-corrected chi connectivity index (χ2v) is 6.25. The van der Waals surface area contributed by atoms with Crippen LogP contribution >= 0.6 is 23.1 Å². The molecule has 0 aliphatic carbocycles. The molecule has 0 unspecified atom stereocenters. The van der Waals surface area contributed by atoms with Gasteiger partial charge in [0.25, 0.3) is 0 Å². The summed E-state index contributed by atoms with van der Waals surface area (Å²) in [4.78, 5) is 0. The van der Waals surface area contributed by atoms with Crippen molar-refractivity contribution in [1.29, 1.82) is 0 Å². The zero-order chi connectivity index (χ0) is 14.3. The second kappa shape index (κ2) is 7.24. The van der Waals surface area contributed by atoms with E-state index in [1.54, 1.807) is 16.0 Å². The molecule has 7 heteroatoms. The molecule has 0 saturated heterocycles. The number of nitrogens with zero attached hydrogens (tertiary/aromatic N) is 4. The van der Waals surface area contributed by atoms with Crippen molar-refractivity contribution in [3.05, 3.63) is 52.7 Å². The Morgan fingerprint density at radius 3 is 2.90 bits per heavy atom. The Bertz CT molecular complexity index is 651. The van der Waals surface area contributed by atoms with Crippen LogP contribution in [0.1, 0.15) is 5.56 Å². The maximum absolute atomic E-state index is 4.02. The largest absolute Gasteiger partial charge is 0.352 e. The van der Waals surface area contributed by atoms with Gasteiger partial charge in [-0.1, -0.05) is 23.3 Å². The Morgan fingerprint density at radius 2 is 2.10 bits per heavy atom. The second-order valence-electron chi connectivity index (χ2n) is 4.36. The number of thiophene rings is 1. The third-order valence-electron chi connectivity index (χ3n) is 2.85. The van der Waals surface area contributed by atoms with E-state index in [1.165, 1.54) is 5.56 Å². The van der Waals surface area contributed by atoms with Gasteiger partial charge in [-0.05, 0) is 44.9 Å². The lowest BCUT2D eigenvalue weighted by atomic mass is 10.3. The normalized spacial score (nSPS) is 10.7. The van der Waals surface area contributed by atoms with E-state index in [9.17, 15) is 0 Å². The van der Waals surface area contributed by atoms with Gasteiger partial charge in [-0.3, -0.25) is 0 Å². The molecule has 3 aromatic rings. The number of rotatable bonds is 7. The Labute approximate surface area is 131 Å². The fraction of sp³-hybridized carbons (Fsp3) is 0.214. The van der Waals surface area contributed by atoms with E-state index in [2.05, 4.69) is 37.7 Å². The lowest BCUT2D eigenvalue weighted by Gasteiger charge is -2.06. The van der Waals surface area contributed by atoms with Gasteiger partial charge in [-0.15, -0.1) is 0 Å². The molecule has 3 rings (SSSR count). The Kier molecular flexibility index (Phi) is 4.86. The predicted octanol–water partition coefficient (Wildman–Crippen LogP) is 3.07. The smallest absolute Gasteiger partial charge is 0.247 e. The van der Waals surface area contributed by atoms with Crippen molar-refractivity contribution in [1.82, 2.24) is 20.2 Å². The summed E-state index contributed by atoms with van der Waals surface area (Å²) in [6.45, 7) is 0.835. The quantitative estimate of drug-likeness (QED) is 0.679. The summed E-state index contributed by atoms with van der Waals surface area (Å²) in [6, 6.07) is 12.0. The minimum Gasteiger partial charge on any atom is -0.352 e. The van der Waals surface area contributed by atoms with Gasteiger partial charge in [0.2, 0.25) is 5.95 Å². The number of nitrogens with one attached hydrogen (secondary N) is 1. The summed E-state index contributed by atoms with van der Waals surface area (Å²) in [5.74, 6) is 2.74. The first kappa shape index (κ1) is 14.1. The Morgan fingerprint density at radius 1 is 1.19 bits per heavy atom. The average molecular weight is 317 g/mol. The van der Waals surface area contributed by atoms with Crippen LogP contribution in [0.15, 0.2) is 47.2 Å². The summed E-state index contributed by atoms with van der Waals surface area (Å²) in [5, 5.41) is 19.4. The highest BCUT2D eigenvalue weighted by atomic mass is 32.2. The van der Waals surface area contributed by atoms with Crippen LogP contribution in [0.4, 0.5) is 5.95 Å². The van der Waals surface area contributed by atoms with Crippen LogP contribution in [0.3, 0.4) is 0 Å². The van der Waals surface area contributed by atoms with E-state index in [-0.39, 0.29) is 0 Å². The van der Waals surface area contributed by atoms with Crippen LogP contribution in [0.2, 0.25) is 0 Å². The highest BCUT2D eigenvalue weighted by Crippen LogP contribution is 2.15. The Balaban J connectivity index is 1.49. The molecule has 0 saturated carbocycles. The molecule has 2 aromatic heterocycles. The molecule has 0 fully saturated rings. The molecule has 1 N–H and O–H groups in total. The molecule has 0 amide bonds. The standard InChI is InChI=1S/C14H15N5S2/c1-2-4-13(5-3-1)19-14(16-17-18-19)15-7-9-21-11-12-6-8-20-10-12/h1-6,8,10H,7,9,11H2,(H,15,16,18). The average Bonchev–Trinajstić information content (AvgIpc) is 3.19. The molecule has 21 heavy (non-hydrogen) atoms. The number of benzene rings is 1. The lowest BCUT2D eigenvalue weighted by molar-refractivity contribution is 0.790. The number of aromatic nitrogens is 4. The van der Waals surface area contributed by atoms with E-state index in [1.807, 2.05) is 42.1 Å². The highest BCUT2D eigenvalue weighted by Gasteiger charge is 2.06. The monoisotopic (exact) mass is 317 g/mol. The number of thioether (sulfide) groups is 1. The van der Waals surface area contributed by atoms with Crippen LogP contribution in [0.25, 0.3) is 5.69 Å². The van der Waals surface area contributed by atoms with Crippen molar-refractivity contribution in [2.75, 3.05) is 17.6 Å². The summed E-state index contributed by atoms with van der Waals surface area (Å²) in [6.07, 6.45) is 0. The first-order valence-corrected chi connectivity index (χ1v) is 8.70. The van der Waals surface area contributed by atoms with Crippen LogP contribution in [-0.2, 0) is 5.75 Å². The minimum atomic E-state index is 0.678. The summed E-state index contributed by atoms with van der Waals surface area (Å²) >= 11 is 3.64. The third-order valence-corrected chi connectivity index (χ3v) is 4.61. The number of tetrazole rings is 1. The molecular weight excluding hydrogens is 302 g/mol. The van der Waals surface area contributed by atoms with E-state index >= 15 is 0 Å². The number of para-hydroxylation sites is 1. The molecule has 0 aliphatic rings. The van der Waals surface area contributed by atoms with Crippen molar-refractivity contribution in [3.63, 3.8) is 0 Å². The summed E-state index contributed by atoms with van der Waals surface area (Å²) < 4.78 is 1.71.